The molecule has 4 aromatic carbocycles. The Morgan fingerprint density at radius 3 is 2.33 bits per heavy atom. The van der Waals surface area contributed by atoms with Crippen LogP contribution in [0.4, 0.5) is 14.5 Å². The van der Waals surface area contributed by atoms with Crippen molar-refractivity contribution in [2.24, 2.45) is 0 Å². The van der Waals surface area contributed by atoms with E-state index in [1.807, 2.05) is 10.8 Å². The third kappa shape index (κ3) is 7.78. The third-order valence-corrected chi connectivity index (χ3v) is 8.73. The van der Waals surface area contributed by atoms with Crippen LogP contribution in [0, 0.1) is 0 Å². The van der Waals surface area contributed by atoms with Crippen molar-refractivity contribution in [1.82, 2.24) is 9.55 Å². The molecule has 45 heavy (non-hydrogen) atoms. The van der Waals surface area contributed by atoms with E-state index in [4.69, 9.17) is 28.2 Å². The lowest BCUT2D eigenvalue weighted by molar-refractivity contribution is 0.0172. The first-order valence-electron chi connectivity index (χ1n) is 13.4. The summed E-state index contributed by atoms with van der Waals surface area (Å²) in [7, 11) is -4.10. The number of carbonyl (C=O) groups is 1. The number of hydrogen-bond acceptors (Lipinski definition) is 4. The molecule has 0 aliphatic carbocycles. The molecule has 0 radical (unpaired) electrons. The summed E-state index contributed by atoms with van der Waals surface area (Å²) in [4.78, 5) is 15.7. The smallest absolute Gasteiger partial charge is 0.335 e. The van der Waals surface area contributed by atoms with E-state index < -0.39 is 27.5 Å². The number of aromatic nitrogens is 2. The van der Waals surface area contributed by atoms with Crippen LogP contribution in [-0.4, -0.2) is 29.0 Å². The van der Waals surface area contributed by atoms with E-state index in [-0.39, 0.29) is 16.1 Å². The Balaban J connectivity index is 1.39. The largest absolute Gasteiger partial charge is 0.478 e. The van der Waals surface area contributed by atoms with Gasteiger partial charge in [0.2, 0.25) is 0 Å². The lowest BCUT2D eigenvalue weighted by Crippen LogP contribution is -2.15. The molecular formula is C33H25Cl2F2N3O4S. The second-order valence-corrected chi connectivity index (χ2v) is 12.7. The van der Waals surface area contributed by atoms with E-state index >= 15 is 0 Å². The van der Waals surface area contributed by atoms with E-state index in [1.165, 1.54) is 30.3 Å². The number of imidazole rings is 1. The maximum Gasteiger partial charge on any atom is 0.335 e. The van der Waals surface area contributed by atoms with E-state index in [9.17, 15) is 27.1 Å². The highest BCUT2D eigenvalue weighted by molar-refractivity contribution is 7.92. The predicted octanol–water partition coefficient (Wildman–Crippen LogP) is 8.69. The fraction of sp³-hybridized carbons (Fsp3) is 0.0909. The van der Waals surface area contributed by atoms with Crippen molar-refractivity contribution < 1.29 is 27.1 Å². The molecule has 0 atom stereocenters. The van der Waals surface area contributed by atoms with Crippen LogP contribution in [0.15, 0.2) is 102 Å². The number of benzene rings is 4. The molecule has 1 heterocycles. The Bertz CT molecular complexity index is 2010. The molecule has 12 heteroatoms. The van der Waals surface area contributed by atoms with Gasteiger partial charge < -0.3 is 9.67 Å². The second kappa shape index (κ2) is 12.8. The molecule has 7 nitrogen and oxygen atoms in total. The zero-order chi connectivity index (χ0) is 32.4. The van der Waals surface area contributed by atoms with Crippen molar-refractivity contribution >= 4 is 57.0 Å². The van der Waals surface area contributed by atoms with Gasteiger partial charge in [-0.3, -0.25) is 4.72 Å². The number of nitrogens with zero attached hydrogens (tertiary/aromatic N) is 2. The number of aromatic carboxylic acids is 1. The molecule has 0 aliphatic rings. The van der Waals surface area contributed by atoms with Gasteiger partial charge in [0.15, 0.2) is 0 Å². The Hall–Kier alpha value is -4.51. The monoisotopic (exact) mass is 667 g/mol. The first-order chi connectivity index (χ1) is 21.3. The molecule has 0 saturated heterocycles. The number of halogens is 4. The summed E-state index contributed by atoms with van der Waals surface area (Å²) in [6.45, 7) is 1.10. The number of alkyl halides is 2. The Morgan fingerprint density at radius 2 is 1.69 bits per heavy atom. The number of nitrogens with one attached hydrogen (secondary N) is 1. The molecule has 2 N–H and O–H groups in total. The van der Waals surface area contributed by atoms with Gasteiger partial charge in [0, 0.05) is 41.5 Å². The molecule has 0 fully saturated rings. The molecule has 0 amide bonds. The highest BCUT2D eigenvalue weighted by Gasteiger charge is 2.26. The summed E-state index contributed by atoms with van der Waals surface area (Å²) in [6.07, 6.45) is 5.42. The van der Waals surface area contributed by atoms with Crippen LogP contribution in [0.25, 0.3) is 23.4 Å². The SMILES string of the molecule is CC(F)(F)c1cccc(S(=O)(=O)Nc2ccc(/C=C/c3nc(-c4ccc(Cl)cc4Cl)cn3Cc3ccc(C(=O)O)cc3)cc2)c1. The number of hydrogen-bond donors (Lipinski definition) is 2. The third-order valence-electron chi connectivity index (χ3n) is 6.81. The average molecular weight is 669 g/mol. The topological polar surface area (TPSA) is 101 Å². The van der Waals surface area contributed by atoms with Crippen LogP contribution >= 0.6 is 23.2 Å². The Kier molecular flexibility index (Phi) is 9.11. The quantitative estimate of drug-likeness (QED) is 0.155. The minimum Gasteiger partial charge on any atom is -0.478 e. The Labute approximate surface area is 268 Å². The molecule has 0 aliphatic heterocycles. The zero-order valence-electron chi connectivity index (χ0n) is 23.6. The zero-order valence-corrected chi connectivity index (χ0v) is 25.9. The summed E-state index contributed by atoms with van der Waals surface area (Å²) >= 11 is 12.5. The van der Waals surface area contributed by atoms with Crippen LogP contribution in [0.3, 0.4) is 0 Å². The van der Waals surface area contributed by atoms with E-state index in [2.05, 4.69) is 4.72 Å². The maximum atomic E-state index is 13.7. The summed E-state index contributed by atoms with van der Waals surface area (Å²) in [5, 5.41) is 10.1. The highest BCUT2D eigenvalue weighted by atomic mass is 35.5. The summed E-state index contributed by atoms with van der Waals surface area (Å²) in [5.41, 5.74) is 2.91. The van der Waals surface area contributed by atoms with Crippen LogP contribution in [-0.2, 0) is 22.5 Å². The van der Waals surface area contributed by atoms with Crippen LogP contribution in [0.1, 0.15) is 39.8 Å². The average Bonchev–Trinajstić information content (AvgIpc) is 3.38. The molecule has 230 valence electrons. The van der Waals surface area contributed by atoms with Gasteiger partial charge in [0.1, 0.15) is 5.82 Å². The van der Waals surface area contributed by atoms with Gasteiger partial charge in [-0.15, -0.1) is 0 Å². The normalized spacial score (nSPS) is 12.0. The van der Waals surface area contributed by atoms with E-state index in [1.54, 1.807) is 66.7 Å². The molecule has 1 aromatic heterocycles. The van der Waals surface area contributed by atoms with Gasteiger partial charge in [-0.1, -0.05) is 65.7 Å². The van der Waals surface area contributed by atoms with Crippen LogP contribution < -0.4 is 4.72 Å². The number of sulfonamides is 1. The highest BCUT2D eigenvalue weighted by Crippen LogP contribution is 2.31. The van der Waals surface area contributed by atoms with Gasteiger partial charge in [0.05, 0.1) is 21.2 Å². The van der Waals surface area contributed by atoms with Gasteiger partial charge in [0.25, 0.3) is 15.9 Å². The summed E-state index contributed by atoms with van der Waals surface area (Å²) < 4.78 is 57.5. The molecule has 0 unspecified atom stereocenters. The van der Waals surface area contributed by atoms with Gasteiger partial charge in [-0.2, -0.15) is 0 Å². The molecular weight excluding hydrogens is 643 g/mol. The fourth-order valence-electron chi connectivity index (χ4n) is 4.45. The minimum atomic E-state index is -4.10. The maximum absolute atomic E-state index is 13.7. The fourth-order valence-corrected chi connectivity index (χ4v) is 6.06. The first-order valence-corrected chi connectivity index (χ1v) is 15.7. The number of carboxylic acid groups (broad SMARTS) is 1. The van der Waals surface area contributed by atoms with Gasteiger partial charge in [-0.05, 0) is 71.8 Å². The van der Waals surface area contributed by atoms with Crippen molar-refractivity contribution in [3.05, 3.63) is 135 Å². The van der Waals surface area contributed by atoms with Crippen molar-refractivity contribution in [3.8, 4) is 11.3 Å². The molecule has 0 spiro atoms. The van der Waals surface area contributed by atoms with Crippen molar-refractivity contribution in [2.75, 3.05) is 4.72 Å². The molecule has 5 rings (SSSR count). The summed E-state index contributed by atoms with van der Waals surface area (Å²) in [5.74, 6) is -3.61. The Morgan fingerprint density at radius 1 is 0.978 bits per heavy atom. The molecule has 5 aromatic rings. The first kappa shape index (κ1) is 31.9. The lowest BCUT2D eigenvalue weighted by atomic mass is 10.1. The van der Waals surface area contributed by atoms with Gasteiger partial charge >= 0.3 is 5.97 Å². The van der Waals surface area contributed by atoms with E-state index in [0.717, 1.165) is 17.2 Å². The van der Waals surface area contributed by atoms with Gasteiger partial charge in [-0.25, -0.2) is 27.0 Å². The number of anilines is 1. The second-order valence-electron chi connectivity index (χ2n) is 10.2. The minimum absolute atomic E-state index is 0.180. The standard InChI is InChI=1S/C33H25Cl2F2N3O4S/c1-33(36,37)24-3-2-4-27(17-24)45(43,44)39-26-13-7-21(8-14-26)9-16-31-38-30(28-15-12-25(34)18-29(28)35)20-40(31)19-22-5-10-23(11-6-22)32(41)42/h2-18,20,39H,19H2,1H3,(H,41,42)/b16-9+. The van der Waals surface area contributed by atoms with Crippen molar-refractivity contribution in [1.29, 1.82) is 0 Å². The molecule has 0 saturated carbocycles. The van der Waals surface area contributed by atoms with Crippen LogP contribution in [0.2, 0.25) is 10.0 Å². The predicted molar refractivity (Wildman–Crippen MR) is 172 cm³/mol. The molecule has 0 bridgehead atoms. The number of carboxylic acids is 1. The number of rotatable bonds is 10. The lowest BCUT2D eigenvalue weighted by Gasteiger charge is -2.13. The summed E-state index contributed by atoms with van der Waals surface area (Å²) in [6, 6.07) is 22.8. The van der Waals surface area contributed by atoms with Crippen molar-refractivity contribution in [3.63, 3.8) is 0 Å². The van der Waals surface area contributed by atoms with Crippen molar-refractivity contribution in [2.45, 2.75) is 24.3 Å². The van der Waals surface area contributed by atoms with Crippen LogP contribution in [0.5, 0.6) is 0 Å². The van der Waals surface area contributed by atoms with E-state index in [0.29, 0.717) is 40.6 Å².